The lowest BCUT2D eigenvalue weighted by atomic mass is 10.1. The number of amides is 1. The van der Waals surface area contributed by atoms with Gasteiger partial charge < -0.3 is 10.4 Å². The summed E-state index contributed by atoms with van der Waals surface area (Å²) in [5.74, 6) is -1.57. The number of nitro benzene ring substituents is 1. The Morgan fingerprint density at radius 2 is 1.88 bits per heavy atom. The Labute approximate surface area is 141 Å². The van der Waals surface area contributed by atoms with Crippen molar-refractivity contribution in [1.82, 2.24) is 0 Å². The van der Waals surface area contributed by atoms with Gasteiger partial charge in [0.2, 0.25) is 5.91 Å². The van der Waals surface area contributed by atoms with Gasteiger partial charge in [0.1, 0.15) is 5.00 Å². The molecule has 0 aliphatic heterocycles. The summed E-state index contributed by atoms with van der Waals surface area (Å²) in [6.45, 7) is 3.48. The van der Waals surface area contributed by atoms with E-state index in [1.54, 1.807) is 13.8 Å². The molecular formula is C16H14N2O5S. The molecule has 0 aliphatic carbocycles. The molecule has 0 spiro atoms. The highest BCUT2D eigenvalue weighted by molar-refractivity contribution is 7.16. The van der Waals surface area contributed by atoms with Crippen molar-refractivity contribution in [2.24, 2.45) is 0 Å². The fraction of sp³-hybridized carbons (Fsp3) is 0.125. The van der Waals surface area contributed by atoms with E-state index in [4.69, 9.17) is 0 Å². The molecule has 0 saturated heterocycles. The standard InChI is InChI=1S/C16H14N2O5S/c1-9-10(2)24-15(14(9)16(20)21)17-13(19)8-5-11-3-6-12(7-4-11)18(22)23/h3-8H,1-2H3,(H,17,19)(H,20,21)/b8-5+. The number of thiophene rings is 1. The molecule has 2 aromatic rings. The van der Waals surface area contributed by atoms with Crippen LogP contribution in [0.2, 0.25) is 0 Å². The van der Waals surface area contributed by atoms with Gasteiger partial charge in [-0.05, 0) is 43.2 Å². The molecule has 8 heteroatoms. The number of benzene rings is 1. The number of anilines is 1. The van der Waals surface area contributed by atoms with E-state index < -0.39 is 16.8 Å². The first-order chi connectivity index (χ1) is 11.3. The number of rotatable bonds is 5. The lowest BCUT2D eigenvalue weighted by Crippen LogP contribution is -2.10. The van der Waals surface area contributed by atoms with Crippen molar-refractivity contribution in [3.05, 3.63) is 62.0 Å². The quantitative estimate of drug-likeness (QED) is 0.488. The number of non-ortho nitro benzene ring substituents is 1. The third-order valence-electron chi connectivity index (χ3n) is 3.37. The molecule has 7 nitrogen and oxygen atoms in total. The Morgan fingerprint density at radius 1 is 1.25 bits per heavy atom. The molecule has 0 radical (unpaired) electrons. The first kappa shape index (κ1) is 17.4. The Hall–Kier alpha value is -3.00. The number of aryl methyl sites for hydroxylation is 1. The van der Waals surface area contributed by atoms with E-state index in [2.05, 4.69) is 5.32 Å². The van der Waals surface area contributed by atoms with Crippen molar-refractivity contribution in [3.8, 4) is 0 Å². The zero-order chi connectivity index (χ0) is 17.9. The fourth-order valence-corrected chi connectivity index (χ4v) is 3.06. The zero-order valence-electron chi connectivity index (χ0n) is 12.9. The minimum Gasteiger partial charge on any atom is -0.478 e. The second kappa shape index (κ2) is 7.05. The van der Waals surface area contributed by atoms with Crippen LogP contribution < -0.4 is 5.32 Å². The van der Waals surface area contributed by atoms with Crippen LogP contribution in [0.4, 0.5) is 10.7 Å². The molecular weight excluding hydrogens is 332 g/mol. The number of nitrogens with zero attached hydrogens (tertiary/aromatic N) is 1. The monoisotopic (exact) mass is 346 g/mol. The summed E-state index contributed by atoms with van der Waals surface area (Å²) in [4.78, 5) is 34.1. The molecule has 124 valence electrons. The first-order valence-corrected chi connectivity index (χ1v) is 7.68. The highest BCUT2D eigenvalue weighted by Gasteiger charge is 2.19. The van der Waals surface area contributed by atoms with Crippen molar-refractivity contribution in [2.75, 3.05) is 5.32 Å². The van der Waals surface area contributed by atoms with E-state index >= 15 is 0 Å². The van der Waals surface area contributed by atoms with E-state index in [9.17, 15) is 24.8 Å². The second-order valence-corrected chi connectivity index (χ2v) is 6.19. The van der Waals surface area contributed by atoms with Crippen LogP contribution in [-0.2, 0) is 4.79 Å². The van der Waals surface area contributed by atoms with Crippen molar-refractivity contribution in [1.29, 1.82) is 0 Å². The molecule has 1 aromatic carbocycles. The van der Waals surface area contributed by atoms with E-state index in [0.717, 1.165) is 4.88 Å². The van der Waals surface area contributed by atoms with E-state index in [1.807, 2.05) is 0 Å². The van der Waals surface area contributed by atoms with Gasteiger partial charge >= 0.3 is 5.97 Å². The summed E-state index contributed by atoms with van der Waals surface area (Å²) in [5, 5.41) is 22.7. The Balaban J connectivity index is 2.12. The SMILES string of the molecule is Cc1sc(NC(=O)/C=C/c2ccc([N+](=O)[O-])cc2)c(C(=O)O)c1C. The maximum absolute atomic E-state index is 12.0. The third-order valence-corrected chi connectivity index (χ3v) is 4.49. The summed E-state index contributed by atoms with van der Waals surface area (Å²) in [6.07, 6.45) is 2.74. The number of nitrogens with one attached hydrogen (secondary N) is 1. The summed E-state index contributed by atoms with van der Waals surface area (Å²) < 4.78 is 0. The molecule has 1 aromatic heterocycles. The molecule has 24 heavy (non-hydrogen) atoms. The molecule has 0 unspecified atom stereocenters. The molecule has 0 saturated carbocycles. The van der Waals surface area contributed by atoms with Gasteiger partial charge in [-0.15, -0.1) is 11.3 Å². The van der Waals surface area contributed by atoms with Gasteiger partial charge in [0, 0.05) is 23.1 Å². The Bertz CT molecular complexity index is 837. The summed E-state index contributed by atoms with van der Waals surface area (Å²) >= 11 is 1.20. The number of carboxylic acid groups (broad SMARTS) is 1. The van der Waals surface area contributed by atoms with Crippen LogP contribution in [0.5, 0.6) is 0 Å². The predicted molar refractivity (Wildman–Crippen MR) is 91.5 cm³/mol. The number of carbonyl (C=O) groups is 2. The van der Waals surface area contributed by atoms with Crippen molar-refractivity contribution in [2.45, 2.75) is 13.8 Å². The fourth-order valence-electron chi connectivity index (χ4n) is 2.01. The number of hydrogen-bond acceptors (Lipinski definition) is 5. The van der Waals surface area contributed by atoms with Crippen molar-refractivity contribution in [3.63, 3.8) is 0 Å². The number of aromatic carboxylic acids is 1. The zero-order valence-corrected chi connectivity index (χ0v) is 13.7. The van der Waals surface area contributed by atoms with E-state index in [1.165, 1.54) is 47.8 Å². The Morgan fingerprint density at radius 3 is 2.42 bits per heavy atom. The van der Waals surface area contributed by atoms with Crippen molar-refractivity contribution >= 4 is 40.0 Å². The lowest BCUT2D eigenvalue weighted by molar-refractivity contribution is -0.384. The second-order valence-electron chi connectivity index (χ2n) is 4.96. The number of hydrogen-bond donors (Lipinski definition) is 2. The average Bonchev–Trinajstić information content (AvgIpc) is 2.80. The molecule has 1 heterocycles. The van der Waals surface area contributed by atoms with Gasteiger partial charge in [-0.1, -0.05) is 0 Å². The van der Waals surface area contributed by atoms with Crippen LogP contribution >= 0.6 is 11.3 Å². The number of carbonyl (C=O) groups excluding carboxylic acids is 1. The predicted octanol–water partition coefficient (Wildman–Crippen LogP) is 3.62. The van der Waals surface area contributed by atoms with Gasteiger partial charge in [0.15, 0.2) is 0 Å². The maximum Gasteiger partial charge on any atom is 0.338 e. The molecule has 2 N–H and O–H groups in total. The van der Waals surface area contributed by atoms with E-state index in [0.29, 0.717) is 11.1 Å². The summed E-state index contributed by atoms with van der Waals surface area (Å²) in [7, 11) is 0. The summed E-state index contributed by atoms with van der Waals surface area (Å²) in [6, 6.07) is 5.71. The molecule has 0 bridgehead atoms. The highest BCUT2D eigenvalue weighted by Crippen LogP contribution is 2.32. The van der Waals surface area contributed by atoms with Gasteiger partial charge in [0.25, 0.3) is 5.69 Å². The minimum absolute atomic E-state index is 0.0350. The van der Waals surface area contributed by atoms with Crippen LogP contribution in [0.1, 0.15) is 26.4 Å². The first-order valence-electron chi connectivity index (χ1n) is 6.86. The number of carboxylic acids is 1. The molecule has 0 fully saturated rings. The average molecular weight is 346 g/mol. The van der Waals surface area contributed by atoms with Crippen LogP contribution in [0.3, 0.4) is 0 Å². The minimum atomic E-state index is -1.09. The smallest absolute Gasteiger partial charge is 0.338 e. The van der Waals surface area contributed by atoms with Crippen molar-refractivity contribution < 1.29 is 19.6 Å². The van der Waals surface area contributed by atoms with Crippen LogP contribution in [0.25, 0.3) is 6.08 Å². The van der Waals surface area contributed by atoms with Gasteiger partial charge in [-0.25, -0.2) is 4.79 Å². The normalized spacial score (nSPS) is 10.8. The largest absolute Gasteiger partial charge is 0.478 e. The van der Waals surface area contributed by atoms with E-state index in [-0.39, 0.29) is 16.3 Å². The van der Waals surface area contributed by atoms with Crippen LogP contribution in [-0.4, -0.2) is 21.9 Å². The third kappa shape index (κ3) is 3.85. The lowest BCUT2D eigenvalue weighted by Gasteiger charge is -2.01. The summed E-state index contributed by atoms with van der Waals surface area (Å²) in [5.41, 5.74) is 1.30. The molecule has 2 rings (SSSR count). The molecule has 0 atom stereocenters. The van der Waals surface area contributed by atoms with Crippen LogP contribution in [0, 0.1) is 24.0 Å². The highest BCUT2D eigenvalue weighted by atomic mass is 32.1. The molecule has 0 aliphatic rings. The number of nitro groups is 1. The van der Waals surface area contributed by atoms with Gasteiger partial charge in [-0.3, -0.25) is 14.9 Å². The van der Waals surface area contributed by atoms with Gasteiger partial charge in [-0.2, -0.15) is 0 Å². The topological polar surface area (TPSA) is 110 Å². The maximum atomic E-state index is 12.0. The Kier molecular flexibility index (Phi) is 5.10. The van der Waals surface area contributed by atoms with Crippen LogP contribution in [0.15, 0.2) is 30.3 Å². The molecule has 1 amide bonds. The van der Waals surface area contributed by atoms with Gasteiger partial charge in [0.05, 0.1) is 10.5 Å².